The Hall–Kier alpha value is -1.87. The first-order chi connectivity index (χ1) is 9.22. The fourth-order valence-corrected chi connectivity index (χ4v) is 2.08. The maximum Gasteiger partial charge on any atom is 0.123 e. The molecule has 2 nitrogen and oxygen atoms in total. The van der Waals surface area contributed by atoms with Crippen molar-refractivity contribution in [2.24, 2.45) is 5.73 Å². The van der Waals surface area contributed by atoms with Gasteiger partial charge in [0.2, 0.25) is 0 Å². The minimum atomic E-state index is -0.188. The molecule has 0 unspecified atom stereocenters. The molecule has 2 aromatic carbocycles. The van der Waals surface area contributed by atoms with Gasteiger partial charge in [-0.25, -0.2) is 4.39 Å². The summed E-state index contributed by atoms with van der Waals surface area (Å²) < 4.78 is 13.2. The molecule has 0 amide bonds. The second-order valence-electron chi connectivity index (χ2n) is 4.51. The van der Waals surface area contributed by atoms with Crippen LogP contribution in [0.5, 0.6) is 0 Å². The van der Waals surface area contributed by atoms with Crippen LogP contribution in [0.4, 0.5) is 10.1 Å². The second-order valence-corrected chi connectivity index (χ2v) is 4.51. The van der Waals surface area contributed by atoms with Crippen molar-refractivity contribution in [3.63, 3.8) is 0 Å². The lowest BCUT2D eigenvalue weighted by atomic mass is 10.1. The van der Waals surface area contributed by atoms with Crippen molar-refractivity contribution < 1.29 is 4.39 Å². The van der Waals surface area contributed by atoms with Crippen LogP contribution in [0.1, 0.15) is 18.1 Å². The van der Waals surface area contributed by atoms with E-state index < -0.39 is 0 Å². The zero-order chi connectivity index (χ0) is 13.7. The lowest BCUT2D eigenvalue weighted by Gasteiger charge is -2.23. The summed E-state index contributed by atoms with van der Waals surface area (Å²) in [7, 11) is 0. The molecule has 0 aromatic heterocycles. The summed E-state index contributed by atoms with van der Waals surface area (Å²) in [5.41, 5.74) is 8.81. The molecule has 0 spiro atoms. The van der Waals surface area contributed by atoms with Crippen LogP contribution in [-0.4, -0.2) is 6.54 Å². The molecule has 2 aromatic rings. The monoisotopic (exact) mass is 258 g/mol. The first-order valence-corrected chi connectivity index (χ1v) is 6.51. The van der Waals surface area contributed by atoms with Gasteiger partial charge in [0.25, 0.3) is 0 Å². The minimum Gasteiger partial charge on any atom is -0.367 e. The van der Waals surface area contributed by atoms with Crippen LogP contribution >= 0.6 is 0 Å². The van der Waals surface area contributed by atoms with E-state index in [1.807, 2.05) is 18.2 Å². The SMILES string of the molecule is CCN(Cc1cccc(F)c1)c1ccc(CN)cc1. The average Bonchev–Trinajstić information content (AvgIpc) is 2.45. The highest BCUT2D eigenvalue weighted by Crippen LogP contribution is 2.18. The number of nitrogens with zero attached hydrogens (tertiary/aromatic N) is 1. The Kier molecular flexibility index (Phi) is 4.53. The molecule has 0 saturated carbocycles. The van der Waals surface area contributed by atoms with Gasteiger partial charge in [-0.1, -0.05) is 24.3 Å². The van der Waals surface area contributed by atoms with E-state index in [0.29, 0.717) is 13.1 Å². The van der Waals surface area contributed by atoms with Gasteiger partial charge in [0, 0.05) is 25.3 Å². The van der Waals surface area contributed by atoms with Crippen LogP contribution in [0.2, 0.25) is 0 Å². The van der Waals surface area contributed by atoms with Gasteiger partial charge in [-0.2, -0.15) is 0 Å². The van der Waals surface area contributed by atoms with E-state index in [9.17, 15) is 4.39 Å². The molecule has 100 valence electrons. The molecule has 0 heterocycles. The lowest BCUT2D eigenvalue weighted by molar-refractivity contribution is 0.624. The molecule has 0 fully saturated rings. The van der Waals surface area contributed by atoms with E-state index in [1.165, 1.54) is 6.07 Å². The molecule has 0 saturated heterocycles. The van der Waals surface area contributed by atoms with Crippen LogP contribution in [0.3, 0.4) is 0 Å². The standard InChI is InChI=1S/C16H19FN2/c1-2-19(12-14-4-3-5-15(17)10-14)16-8-6-13(11-18)7-9-16/h3-10H,2,11-12,18H2,1H3. The van der Waals surface area contributed by atoms with Gasteiger partial charge >= 0.3 is 0 Å². The second kappa shape index (κ2) is 6.34. The van der Waals surface area contributed by atoms with Crippen LogP contribution < -0.4 is 10.6 Å². The topological polar surface area (TPSA) is 29.3 Å². The quantitative estimate of drug-likeness (QED) is 0.891. The summed E-state index contributed by atoms with van der Waals surface area (Å²) in [5, 5.41) is 0. The molecule has 2 N–H and O–H groups in total. The number of hydrogen-bond acceptors (Lipinski definition) is 2. The van der Waals surface area contributed by atoms with E-state index in [2.05, 4.69) is 24.0 Å². The maximum absolute atomic E-state index is 13.2. The largest absolute Gasteiger partial charge is 0.367 e. The van der Waals surface area contributed by atoms with Crippen molar-refractivity contribution in [2.45, 2.75) is 20.0 Å². The Morgan fingerprint density at radius 3 is 2.37 bits per heavy atom. The van der Waals surface area contributed by atoms with E-state index in [1.54, 1.807) is 12.1 Å². The maximum atomic E-state index is 13.2. The highest BCUT2D eigenvalue weighted by Gasteiger charge is 2.06. The van der Waals surface area contributed by atoms with Gasteiger partial charge in [-0.3, -0.25) is 0 Å². The summed E-state index contributed by atoms with van der Waals surface area (Å²) in [6.07, 6.45) is 0. The Morgan fingerprint density at radius 2 is 1.79 bits per heavy atom. The highest BCUT2D eigenvalue weighted by molar-refractivity contribution is 5.48. The predicted octanol–water partition coefficient (Wildman–Crippen LogP) is 3.31. The average molecular weight is 258 g/mol. The summed E-state index contributed by atoms with van der Waals surface area (Å²) in [5.74, 6) is -0.188. The zero-order valence-corrected chi connectivity index (χ0v) is 11.1. The predicted molar refractivity (Wildman–Crippen MR) is 77.5 cm³/mol. The number of halogens is 1. The van der Waals surface area contributed by atoms with E-state index in [4.69, 9.17) is 5.73 Å². The minimum absolute atomic E-state index is 0.188. The molecule has 2 rings (SSSR count). The summed E-state index contributed by atoms with van der Waals surface area (Å²) in [4.78, 5) is 2.20. The molecule has 0 aliphatic carbocycles. The number of hydrogen-bond donors (Lipinski definition) is 1. The van der Waals surface area contributed by atoms with Crippen molar-refractivity contribution in [1.29, 1.82) is 0 Å². The van der Waals surface area contributed by atoms with Gasteiger partial charge in [-0.15, -0.1) is 0 Å². The summed E-state index contributed by atoms with van der Waals surface area (Å²) >= 11 is 0. The Morgan fingerprint density at radius 1 is 1.05 bits per heavy atom. The highest BCUT2D eigenvalue weighted by atomic mass is 19.1. The van der Waals surface area contributed by atoms with Crippen LogP contribution in [0.25, 0.3) is 0 Å². The van der Waals surface area contributed by atoms with Crippen LogP contribution in [0, 0.1) is 5.82 Å². The lowest BCUT2D eigenvalue weighted by Crippen LogP contribution is -2.22. The zero-order valence-electron chi connectivity index (χ0n) is 11.1. The fraction of sp³-hybridized carbons (Fsp3) is 0.250. The Labute approximate surface area is 113 Å². The normalized spacial score (nSPS) is 10.5. The number of nitrogens with two attached hydrogens (primary N) is 1. The summed E-state index contributed by atoms with van der Waals surface area (Å²) in [6.45, 7) is 4.22. The molecule has 0 radical (unpaired) electrons. The van der Waals surface area contributed by atoms with Gasteiger partial charge in [0.15, 0.2) is 0 Å². The Bertz CT molecular complexity index is 523. The van der Waals surface area contributed by atoms with Gasteiger partial charge in [0.1, 0.15) is 5.82 Å². The molecule has 3 heteroatoms. The van der Waals surface area contributed by atoms with E-state index >= 15 is 0 Å². The Balaban J connectivity index is 2.15. The number of rotatable bonds is 5. The third-order valence-electron chi connectivity index (χ3n) is 3.18. The molecule has 0 atom stereocenters. The van der Waals surface area contributed by atoms with Crippen molar-refractivity contribution in [3.05, 3.63) is 65.5 Å². The third-order valence-corrected chi connectivity index (χ3v) is 3.18. The molecule has 0 aliphatic heterocycles. The first kappa shape index (κ1) is 13.6. The van der Waals surface area contributed by atoms with Gasteiger partial charge < -0.3 is 10.6 Å². The molecular weight excluding hydrogens is 239 g/mol. The van der Waals surface area contributed by atoms with Crippen molar-refractivity contribution >= 4 is 5.69 Å². The smallest absolute Gasteiger partial charge is 0.123 e. The van der Waals surface area contributed by atoms with E-state index in [-0.39, 0.29) is 5.82 Å². The van der Waals surface area contributed by atoms with Crippen molar-refractivity contribution in [3.8, 4) is 0 Å². The number of anilines is 1. The molecule has 0 bridgehead atoms. The first-order valence-electron chi connectivity index (χ1n) is 6.51. The van der Waals surface area contributed by atoms with Gasteiger partial charge in [0.05, 0.1) is 0 Å². The van der Waals surface area contributed by atoms with E-state index in [0.717, 1.165) is 23.4 Å². The van der Waals surface area contributed by atoms with Gasteiger partial charge in [-0.05, 0) is 42.3 Å². The molecule has 0 aliphatic rings. The van der Waals surface area contributed by atoms with Crippen LogP contribution in [-0.2, 0) is 13.1 Å². The van der Waals surface area contributed by atoms with Crippen LogP contribution in [0.15, 0.2) is 48.5 Å². The van der Waals surface area contributed by atoms with Crippen molar-refractivity contribution in [2.75, 3.05) is 11.4 Å². The third kappa shape index (κ3) is 3.55. The fourth-order valence-electron chi connectivity index (χ4n) is 2.08. The summed E-state index contributed by atoms with van der Waals surface area (Å²) in [6, 6.07) is 14.9. The van der Waals surface area contributed by atoms with Crippen molar-refractivity contribution in [1.82, 2.24) is 0 Å². The molecule has 19 heavy (non-hydrogen) atoms. The molecular formula is C16H19FN2. The number of benzene rings is 2.